The summed E-state index contributed by atoms with van der Waals surface area (Å²) in [6.07, 6.45) is 0. The van der Waals surface area contributed by atoms with Gasteiger partial charge in [0.05, 0.1) is 5.02 Å². The molecule has 0 saturated heterocycles. The van der Waals surface area contributed by atoms with Crippen LogP contribution in [0.4, 0.5) is 4.39 Å². The van der Waals surface area contributed by atoms with E-state index >= 15 is 0 Å². The van der Waals surface area contributed by atoms with Crippen molar-refractivity contribution in [2.24, 2.45) is 0 Å². The number of hydrogen-bond acceptors (Lipinski definition) is 4. The van der Waals surface area contributed by atoms with Crippen molar-refractivity contribution in [3.05, 3.63) is 52.8 Å². The summed E-state index contributed by atoms with van der Waals surface area (Å²) in [4.78, 5) is 4.22. The summed E-state index contributed by atoms with van der Waals surface area (Å²) in [6, 6.07) is 9.09. The zero-order valence-electron chi connectivity index (χ0n) is 11.0. The maximum absolute atomic E-state index is 13.4. The zero-order valence-corrected chi connectivity index (χ0v) is 11.7. The van der Waals surface area contributed by atoms with Gasteiger partial charge in [0.1, 0.15) is 11.6 Å². The molecule has 0 aliphatic rings. The van der Waals surface area contributed by atoms with Gasteiger partial charge < -0.3 is 9.63 Å². The number of benzene rings is 2. The van der Waals surface area contributed by atoms with E-state index in [1.165, 1.54) is 24.3 Å². The lowest BCUT2D eigenvalue weighted by atomic mass is 10.1. The quantitative estimate of drug-likeness (QED) is 0.770. The second kappa shape index (κ2) is 5.18. The molecule has 0 saturated carbocycles. The van der Waals surface area contributed by atoms with Crippen molar-refractivity contribution in [3.8, 4) is 28.6 Å². The van der Waals surface area contributed by atoms with Crippen LogP contribution in [0.1, 0.15) is 5.56 Å². The normalized spacial score (nSPS) is 10.8. The van der Waals surface area contributed by atoms with Gasteiger partial charge in [-0.15, -0.1) is 0 Å². The Hall–Kier alpha value is -2.40. The largest absolute Gasteiger partial charge is 0.506 e. The van der Waals surface area contributed by atoms with Gasteiger partial charge in [-0.2, -0.15) is 4.98 Å². The Morgan fingerprint density at radius 2 is 1.95 bits per heavy atom. The number of aromatic hydroxyl groups is 1. The molecule has 21 heavy (non-hydrogen) atoms. The second-order valence-electron chi connectivity index (χ2n) is 4.61. The van der Waals surface area contributed by atoms with Gasteiger partial charge in [0.2, 0.25) is 5.82 Å². The second-order valence-corrected chi connectivity index (χ2v) is 5.01. The minimum Gasteiger partial charge on any atom is -0.506 e. The van der Waals surface area contributed by atoms with Crippen LogP contribution in [0.2, 0.25) is 5.02 Å². The molecule has 0 fully saturated rings. The molecule has 4 nitrogen and oxygen atoms in total. The fourth-order valence-corrected chi connectivity index (χ4v) is 2.14. The minimum absolute atomic E-state index is 0.0269. The highest BCUT2D eigenvalue weighted by atomic mass is 35.5. The first kappa shape index (κ1) is 13.6. The Morgan fingerprint density at radius 3 is 2.67 bits per heavy atom. The summed E-state index contributed by atoms with van der Waals surface area (Å²) in [5, 5.41) is 13.4. The SMILES string of the molecule is Cc1cc(F)cc(-c2noc(-c3ccc(O)c(Cl)c3)n2)c1. The van der Waals surface area contributed by atoms with E-state index in [1.54, 1.807) is 19.1 Å². The topological polar surface area (TPSA) is 59.2 Å². The molecule has 1 heterocycles. The molecule has 6 heteroatoms. The van der Waals surface area contributed by atoms with Gasteiger partial charge in [-0.3, -0.25) is 0 Å². The molecule has 3 rings (SSSR count). The van der Waals surface area contributed by atoms with E-state index in [2.05, 4.69) is 10.1 Å². The number of rotatable bonds is 2. The molecule has 0 radical (unpaired) electrons. The van der Waals surface area contributed by atoms with Gasteiger partial charge in [0, 0.05) is 11.1 Å². The molecule has 0 amide bonds. The van der Waals surface area contributed by atoms with Crippen molar-refractivity contribution in [2.45, 2.75) is 6.92 Å². The number of phenolic OH excluding ortho intramolecular Hbond substituents is 1. The van der Waals surface area contributed by atoms with Gasteiger partial charge in [-0.05, 0) is 48.9 Å². The first-order valence-corrected chi connectivity index (χ1v) is 6.51. The molecule has 0 atom stereocenters. The molecule has 0 bridgehead atoms. The van der Waals surface area contributed by atoms with Crippen LogP contribution < -0.4 is 0 Å². The number of aryl methyl sites for hydroxylation is 1. The fraction of sp³-hybridized carbons (Fsp3) is 0.0667. The van der Waals surface area contributed by atoms with E-state index in [0.717, 1.165) is 5.56 Å². The van der Waals surface area contributed by atoms with Crippen molar-refractivity contribution in [3.63, 3.8) is 0 Å². The molecule has 0 aliphatic carbocycles. The standard InChI is InChI=1S/C15H10ClFN2O2/c1-8-4-10(6-11(17)5-8)14-18-15(21-19-14)9-2-3-13(20)12(16)7-9/h2-7,20H,1H3. The third-order valence-corrected chi connectivity index (χ3v) is 3.22. The van der Waals surface area contributed by atoms with E-state index in [-0.39, 0.29) is 28.3 Å². The smallest absolute Gasteiger partial charge is 0.258 e. The Bertz CT molecular complexity index is 797. The van der Waals surface area contributed by atoms with Crippen molar-refractivity contribution in [1.29, 1.82) is 0 Å². The summed E-state index contributed by atoms with van der Waals surface area (Å²) in [5.41, 5.74) is 1.88. The first-order chi connectivity index (χ1) is 10.0. The van der Waals surface area contributed by atoms with Crippen LogP contribution in [0.3, 0.4) is 0 Å². The van der Waals surface area contributed by atoms with E-state index in [9.17, 15) is 9.50 Å². The molecule has 2 aromatic carbocycles. The van der Waals surface area contributed by atoms with Crippen LogP contribution in [0, 0.1) is 12.7 Å². The van der Waals surface area contributed by atoms with E-state index < -0.39 is 0 Å². The molecular formula is C15H10ClFN2O2. The number of nitrogens with zero attached hydrogens (tertiary/aromatic N) is 2. The molecule has 0 unspecified atom stereocenters. The average Bonchev–Trinajstić information content (AvgIpc) is 2.90. The molecule has 1 N–H and O–H groups in total. The summed E-state index contributed by atoms with van der Waals surface area (Å²) in [7, 11) is 0. The maximum atomic E-state index is 13.4. The number of halogens is 2. The van der Waals surface area contributed by atoms with Gasteiger partial charge in [-0.25, -0.2) is 4.39 Å². The third-order valence-electron chi connectivity index (χ3n) is 2.92. The predicted octanol–water partition coefficient (Wildman–Crippen LogP) is 4.21. The molecule has 3 aromatic rings. The lowest BCUT2D eigenvalue weighted by Gasteiger charge is -1.98. The fourth-order valence-electron chi connectivity index (χ4n) is 1.96. The molecule has 0 aliphatic heterocycles. The van der Waals surface area contributed by atoms with Crippen LogP contribution in [-0.2, 0) is 0 Å². The lowest BCUT2D eigenvalue weighted by Crippen LogP contribution is -1.85. The van der Waals surface area contributed by atoms with Gasteiger partial charge in [-0.1, -0.05) is 16.8 Å². The van der Waals surface area contributed by atoms with Crippen molar-refractivity contribution < 1.29 is 14.0 Å². The van der Waals surface area contributed by atoms with Crippen molar-refractivity contribution >= 4 is 11.6 Å². The molecule has 106 valence electrons. The Morgan fingerprint density at radius 1 is 1.14 bits per heavy atom. The first-order valence-electron chi connectivity index (χ1n) is 6.13. The highest BCUT2D eigenvalue weighted by Crippen LogP contribution is 2.29. The molecule has 1 aromatic heterocycles. The Balaban J connectivity index is 2.01. The van der Waals surface area contributed by atoms with Gasteiger partial charge in [0.15, 0.2) is 0 Å². The minimum atomic E-state index is -0.357. The lowest BCUT2D eigenvalue weighted by molar-refractivity contribution is 0.432. The van der Waals surface area contributed by atoms with Crippen LogP contribution >= 0.6 is 11.6 Å². The van der Waals surface area contributed by atoms with E-state index in [4.69, 9.17) is 16.1 Å². The van der Waals surface area contributed by atoms with Crippen molar-refractivity contribution in [1.82, 2.24) is 10.1 Å². The highest BCUT2D eigenvalue weighted by molar-refractivity contribution is 6.32. The monoisotopic (exact) mass is 304 g/mol. The zero-order chi connectivity index (χ0) is 15.0. The number of phenols is 1. The van der Waals surface area contributed by atoms with E-state index in [1.807, 2.05) is 0 Å². The summed E-state index contributed by atoms with van der Waals surface area (Å²) in [6.45, 7) is 1.79. The van der Waals surface area contributed by atoms with Crippen molar-refractivity contribution in [2.75, 3.05) is 0 Å². The predicted molar refractivity (Wildman–Crippen MR) is 76.5 cm³/mol. The van der Waals surface area contributed by atoms with Crippen LogP contribution in [0.25, 0.3) is 22.8 Å². The molecule has 0 spiro atoms. The number of hydrogen-bond donors (Lipinski definition) is 1. The Labute approximate surface area is 124 Å². The van der Waals surface area contributed by atoms with Gasteiger partial charge >= 0.3 is 0 Å². The summed E-state index contributed by atoms with van der Waals surface area (Å²) >= 11 is 5.84. The molecular weight excluding hydrogens is 295 g/mol. The third kappa shape index (κ3) is 2.73. The van der Waals surface area contributed by atoms with E-state index in [0.29, 0.717) is 11.1 Å². The van der Waals surface area contributed by atoms with Gasteiger partial charge in [0.25, 0.3) is 5.89 Å². The van der Waals surface area contributed by atoms with Crippen LogP contribution in [0.15, 0.2) is 40.9 Å². The number of aromatic nitrogens is 2. The highest BCUT2D eigenvalue weighted by Gasteiger charge is 2.13. The Kier molecular flexibility index (Phi) is 3.35. The average molecular weight is 305 g/mol. The maximum Gasteiger partial charge on any atom is 0.258 e. The van der Waals surface area contributed by atoms with Crippen LogP contribution in [-0.4, -0.2) is 15.2 Å². The van der Waals surface area contributed by atoms with Crippen LogP contribution in [0.5, 0.6) is 5.75 Å². The summed E-state index contributed by atoms with van der Waals surface area (Å²) in [5.74, 6) is 0.149. The summed E-state index contributed by atoms with van der Waals surface area (Å²) < 4.78 is 18.6.